The van der Waals surface area contributed by atoms with E-state index in [9.17, 15) is 5.26 Å². The van der Waals surface area contributed by atoms with E-state index in [0.29, 0.717) is 5.56 Å². The number of aromatic nitrogens is 1. The van der Waals surface area contributed by atoms with Crippen LogP contribution in [-0.2, 0) is 6.42 Å². The molecular weight excluding hydrogens is 296 g/mol. The Kier molecular flexibility index (Phi) is 5.81. The molecule has 4 heteroatoms. The second-order valence-electron chi connectivity index (χ2n) is 6.26. The molecule has 4 nitrogen and oxygen atoms in total. The fraction of sp³-hybridized carbons (Fsp3) is 0.400. The molecule has 0 atom stereocenters. The van der Waals surface area contributed by atoms with Gasteiger partial charge in [-0.2, -0.15) is 5.26 Å². The summed E-state index contributed by atoms with van der Waals surface area (Å²) < 4.78 is 0. The van der Waals surface area contributed by atoms with Crippen molar-refractivity contribution in [1.29, 1.82) is 5.26 Å². The first-order valence-electron chi connectivity index (χ1n) is 8.73. The van der Waals surface area contributed by atoms with Gasteiger partial charge in [0, 0.05) is 25.8 Å². The average molecular weight is 320 g/mol. The molecule has 1 saturated heterocycles. The fourth-order valence-corrected chi connectivity index (χ4v) is 3.29. The Morgan fingerprint density at radius 2 is 1.88 bits per heavy atom. The molecule has 3 rings (SSSR count). The van der Waals surface area contributed by atoms with Gasteiger partial charge in [-0.3, -0.25) is 0 Å². The van der Waals surface area contributed by atoms with Crippen molar-refractivity contribution in [1.82, 2.24) is 9.88 Å². The monoisotopic (exact) mass is 320 g/mol. The second kappa shape index (κ2) is 8.47. The minimum absolute atomic E-state index is 0.676. The van der Waals surface area contributed by atoms with Crippen LogP contribution in [-0.4, -0.2) is 42.6 Å². The standard InChI is InChI=1S/C20H24N4/c21-17-19-10-4-11-22-20(19)24-14-6-13-23(15-16-24)12-5-9-18-7-2-1-3-8-18/h1-4,7-8,10-11H,5-6,9,12-16H2. The molecule has 24 heavy (non-hydrogen) atoms. The van der Waals surface area contributed by atoms with Crippen LogP contribution in [0.4, 0.5) is 5.82 Å². The van der Waals surface area contributed by atoms with E-state index in [2.05, 4.69) is 51.2 Å². The first-order chi connectivity index (χ1) is 11.9. The smallest absolute Gasteiger partial charge is 0.146 e. The molecule has 0 aliphatic carbocycles. The summed E-state index contributed by atoms with van der Waals surface area (Å²) in [5, 5.41) is 9.27. The van der Waals surface area contributed by atoms with Crippen LogP contribution < -0.4 is 4.90 Å². The molecule has 0 saturated carbocycles. The van der Waals surface area contributed by atoms with Crippen molar-refractivity contribution < 1.29 is 0 Å². The minimum Gasteiger partial charge on any atom is -0.354 e. The van der Waals surface area contributed by atoms with Gasteiger partial charge in [-0.05, 0) is 50.0 Å². The Bertz CT molecular complexity index is 678. The molecule has 0 amide bonds. The van der Waals surface area contributed by atoms with Gasteiger partial charge in [-0.1, -0.05) is 30.3 Å². The van der Waals surface area contributed by atoms with E-state index in [1.807, 2.05) is 12.1 Å². The quantitative estimate of drug-likeness (QED) is 0.849. The van der Waals surface area contributed by atoms with E-state index in [-0.39, 0.29) is 0 Å². The van der Waals surface area contributed by atoms with Gasteiger partial charge in [-0.25, -0.2) is 4.98 Å². The Balaban J connectivity index is 1.51. The summed E-state index contributed by atoms with van der Waals surface area (Å²) in [6.45, 7) is 5.21. The van der Waals surface area contributed by atoms with Gasteiger partial charge in [0.25, 0.3) is 0 Å². The van der Waals surface area contributed by atoms with Crippen LogP contribution in [0, 0.1) is 11.3 Å². The highest BCUT2D eigenvalue weighted by atomic mass is 15.2. The molecule has 124 valence electrons. The van der Waals surface area contributed by atoms with Crippen LogP contribution in [0.15, 0.2) is 48.7 Å². The number of nitriles is 1. The van der Waals surface area contributed by atoms with Crippen molar-refractivity contribution in [3.63, 3.8) is 0 Å². The lowest BCUT2D eigenvalue weighted by Gasteiger charge is -2.23. The molecule has 1 fully saturated rings. The van der Waals surface area contributed by atoms with Crippen LogP contribution in [0.2, 0.25) is 0 Å². The van der Waals surface area contributed by atoms with Crippen molar-refractivity contribution in [3.8, 4) is 6.07 Å². The predicted molar refractivity (Wildman–Crippen MR) is 97.0 cm³/mol. The fourth-order valence-electron chi connectivity index (χ4n) is 3.29. The maximum atomic E-state index is 9.27. The van der Waals surface area contributed by atoms with Crippen molar-refractivity contribution in [2.24, 2.45) is 0 Å². The number of rotatable bonds is 5. The molecule has 0 radical (unpaired) electrons. The summed E-state index contributed by atoms with van der Waals surface area (Å²) in [4.78, 5) is 9.23. The van der Waals surface area contributed by atoms with Crippen LogP contribution in [0.5, 0.6) is 0 Å². The normalized spacial score (nSPS) is 15.7. The number of hydrogen-bond acceptors (Lipinski definition) is 4. The third kappa shape index (κ3) is 4.33. The van der Waals surface area contributed by atoms with Gasteiger partial charge in [0.2, 0.25) is 0 Å². The molecule has 2 aromatic rings. The maximum Gasteiger partial charge on any atom is 0.146 e. The van der Waals surface area contributed by atoms with E-state index < -0.39 is 0 Å². The Morgan fingerprint density at radius 1 is 1.00 bits per heavy atom. The van der Waals surface area contributed by atoms with Gasteiger partial charge < -0.3 is 9.80 Å². The Morgan fingerprint density at radius 3 is 2.71 bits per heavy atom. The SMILES string of the molecule is N#Cc1cccnc1N1CCCN(CCCc2ccccc2)CC1. The Labute approximate surface area is 144 Å². The summed E-state index contributed by atoms with van der Waals surface area (Å²) in [6.07, 6.45) is 5.22. The highest BCUT2D eigenvalue weighted by molar-refractivity contribution is 5.53. The third-order valence-corrected chi connectivity index (χ3v) is 4.58. The summed E-state index contributed by atoms with van der Waals surface area (Å²) >= 11 is 0. The average Bonchev–Trinajstić information content (AvgIpc) is 2.88. The summed E-state index contributed by atoms with van der Waals surface area (Å²) in [6, 6.07) is 16.6. The molecule has 0 unspecified atom stereocenters. The first kappa shape index (κ1) is 16.5. The second-order valence-corrected chi connectivity index (χ2v) is 6.26. The number of aryl methyl sites for hydroxylation is 1. The van der Waals surface area contributed by atoms with Gasteiger partial charge in [-0.15, -0.1) is 0 Å². The van der Waals surface area contributed by atoms with Crippen molar-refractivity contribution in [3.05, 3.63) is 59.8 Å². The lowest BCUT2D eigenvalue weighted by molar-refractivity contribution is 0.290. The van der Waals surface area contributed by atoms with Crippen LogP contribution in [0.1, 0.15) is 24.0 Å². The highest BCUT2D eigenvalue weighted by Gasteiger charge is 2.17. The Hall–Kier alpha value is -2.38. The molecule has 2 heterocycles. The zero-order valence-corrected chi connectivity index (χ0v) is 14.1. The molecule has 0 spiro atoms. The maximum absolute atomic E-state index is 9.27. The van der Waals surface area contributed by atoms with Crippen molar-refractivity contribution in [2.45, 2.75) is 19.3 Å². The van der Waals surface area contributed by atoms with E-state index in [1.54, 1.807) is 6.20 Å². The number of nitrogens with zero attached hydrogens (tertiary/aromatic N) is 4. The molecule has 1 aromatic heterocycles. The molecule has 0 N–H and O–H groups in total. The van der Waals surface area contributed by atoms with Gasteiger partial charge in [0.15, 0.2) is 0 Å². The highest BCUT2D eigenvalue weighted by Crippen LogP contribution is 2.18. The number of anilines is 1. The molecular formula is C20H24N4. The third-order valence-electron chi connectivity index (χ3n) is 4.58. The molecule has 1 aliphatic heterocycles. The lowest BCUT2D eigenvalue weighted by atomic mass is 10.1. The summed E-state index contributed by atoms with van der Waals surface area (Å²) in [5.41, 5.74) is 2.09. The van der Waals surface area contributed by atoms with Gasteiger partial charge in [0.1, 0.15) is 11.9 Å². The summed E-state index contributed by atoms with van der Waals surface area (Å²) in [5.74, 6) is 0.839. The molecule has 1 aliphatic rings. The largest absolute Gasteiger partial charge is 0.354 e. The van der Waals surface area contributed by atoms with Crippen LogP contribution >= 0.6 is 0 Å². The van der Waals surface area contributed by atoms with Crippen LogP contribution in [0.3, 0.4) is 0 Å². The number of benzene rings is 1. The van der Waals surface area contributed by atoms with Crippen LogP contribution in [0.25, 0.3) is 0 Å². The van der Waals surface area contributed by atoms with Crippen molar-refractivity contribution >= 4 is 5.82 Å². The molecule has 1 aromatic carbocycles. The molecule has 0 bridgehead atoms. The van der Waals surface area contributed by atoms with Gasteiger partial charge >= 0.3 is 0 Å². The zero-order valence-electron chi connectivity index (χ0n) is 14.1. The number of hydrogen-bond donors (Lipinski definition) is 0. The number of pyridine rings is 1. The summed E-state index contributed by atoms with van der Waals surface area (Å²) in [7, 11) is 0. The minimum atomic E-state index is 0.676. The first-order valence-corrected chi connectivity index (χ1v) is 8.73. The lowest BCUT2D eigenvalue weighted by Crippen LogP contribution is -2.32. The van der Waals surface area contributed by atoms with Gasteiger partial charge in [0.05, 0.1) is 5.56 Å². The van der Waals surface area contributed by atoms with Crippen molar-refractivity contribution in [2.75, 3.05) is 37.6 Å². The van der Waals surface area contributed by atoms with E-state index in [1.165, 1.54) is 12.0 Å². The zero-order chi connectivity index (χ0) is 16.6. The van der Waals surface area contributed by atoms with E-state index in [4.69, 9.17) is 0 Å². The van der Waals surface area contributed by atoms with E-state index in [0.717, 1.165) is 51.4 Å². The van der Waals surface area contributed by atoms with E-state index >= 15 is 0 Å². The topological polar surface area (TPSA) is 43.2 Å². The predicted octanol–water partition coefficient (Wildman–Crippen LogP) is 3.10.